The van der Waals surface area contributed by atoms with Gasteiger partial charge in [-0.25, -0.2) is 44.0 Å². The lowest BCUT2D eigenvalue weighted by atomic mass is 9.95. The van der Waals surface area contributed by atoms with Crippen molar-refractivity contribution in [2.45, 2.75) is 59.4 Å². The minimum Gasteiger partial charge on any atom is -0.349 e. The Bertz CT molecular complexity index is 3490. The Kier molecular flexibility index (Phi) is 12.4. The number of fused-ring (bicyclic) bond motifs is 2. The molecule has 0 bridgehead atoms. The SMILES string of the molecule is O=c1nc(N2CCN[C@@H]3CS(=O)(=O)C[C@@H]32)c2cc(C(F)(F)F)c(-c3ccc(F)cc3F)c3c2n1CCS3.O=c1nc(N2CCN[C@H]3CS(=O)(=O)C[C@H]32)c2cc(C(F)(F)F)c(-c3ccc(F)cc3F)c3c2n1CCS3. The van der Waals surface area contributed by atoms with Crippen molar-refractivity contribution in [1.82, 2.24) is 29.7 Å². The summed E-state index contributed by atoms with van der Waals surface area (Å²) in [5, 5.41) is 6.33. The summed E-state index contributed by atoms with van der Waals surface area (Å²) in [6, 6.07) is 4.32. The molecule has 6 aliphatic heterocycles. The molecule has 392 valence electrons. The molecule has 2 aromatic heterocycles. The molecule has 4 saturated heterocycles. The lowest BCUT2D eigenvalue weighted by Gasteiger charge is -2.39. The number of halogens is 10. The number of nitrogens with zero attached hydrogens (tertiary/aromatic N) is 6. The summed E-state index contributed by atoms with van der Waals surface area (Å²) in [5.41, 5.74) is -5.10. The van der Waals surface area contributed by atoms with Crippen LogP contribution < -0.4 is 31.8 Å². The van der Waals surface area contributed by atoms with Crippen molar-refractivity contribution in [3.63, 3.8) is 0 Å². The number of nitrogens with one attached hydrogen (secondary N) is 2. The monoisotopic (exact) mass is 1120 g/mol. The molecule has 0 amide bonds. The third kappa shape index (κ3) is 8.78. The second-order valence-electron chi connectivity index (χ2n) is 18.5. The van der Waals surface area contributed by atoms with Crippen LogP contribution in [-0.2, 0) is 45.1 Å². The van der Waals surface area contributed by atoms with Crippen LogP contribution in [0.25, 0.3) is 44.1 Å². The van der Waals surface area contributed by atoms with Gasteiger partial charge in [0.15, 0.2) is 19.7 Å². The zero-order valence-corrected chi connectivity index (χ0v) is 41.2. The summed E-state index contributed by atoms with van der Waals surface area (Å²) in [4.78, 5) is 37.8. The Balaban J connectivity index is 0.000000159. The molecule has 0 spiro atoms. The zero-order chi connectivity index (χ0) is 52.6. The summed E-state index contributed by atoms with van der Waals surface area (Å²) in [6.45, 7) is 1.55. The molecule has 4 atom stereocenters. The lowest BCUT2D eigenvalue weighted by molar-refractivity contribution is -0.137. The van der Waals surface area contributed by atoms with Gasteiger partial charge in [0, 0.05) is 118 Å². The molecule has 4 fully saturated rings. The smallest absolute Gasteiger partial charge is 0.349 e. The van der Waals surface area contributed by atoms with E-state index in [-0.39, 0.29) is 104 Å². The molecule has 28 heteroatoms. The predicted molar refractivity (Wildman–Crippen MR) is 257 cm³/mol. The standard InChI is InChI=1S/2C23H19F5N4O3S2/c2*24-11-1-2-12(15(25)7-11)18-14(23(26,27)28)8-13-19-20(18)36-6-5-32(19)22(33)30-21(13)31-4-3-29-16-9-37(34,35)10-17(16)31/h2*1-2,7-8,16-17,29H,3-6,9-10H2/t2*16-,17+/m10/s1. The number of benzene rings is 4. The van der Waals surface area contributed by atoms with E-state index in [9.17, 15) is 70.3 Å². The molecule has 0 radical (unpaired) electrons. The Hall–Kier alpha value is -5.42. The first kappa shape index (κ1) is 50.7. The molecule has 0 unspecified atom stereocenters. The van der Waals surface area contributed by atoms with Crippen LogP contribution in [0.2, 0.25) is 0 Å². The number of alkyl halides is 6. The Morgan fingerprint density at radius 1 is 0.554 bits per heavy atom. The highest BCUT2D eigenvalue weighted by atomic mass is 32.2. The number of rotatable bonds is 4. The van der Waals surface area contributed by atoms with Crippen LogP contribution in [0.1, 0.15) is 11.1 Å². The third-order valence-electron chi connectivity index (χ3n) is 14.0. The molecule has 0 saturated carbocycles. The van der Waals surface area contributed by atoms with Gasteiger partial charge in [-0.05, 0) is 36.4 Å². The molecule has 8 heterocycles. The first-order chi connectivity index (χ1) is 34.9. The second-order valence-corrected chi connectivity index (χ2v) is 25.0. The van der Waals surface area contributed by atoms with Gasteiger partial charge in [-0.15, -0.1) is 23.5 Å². The molecule has 74 heavy (non-hydrogen) atoms. The van der Waals surface area contributed by atoms with Crippen LogP contribution in [0.5, 0.6) is 0 Å². The number of aryl methyl sites for hydroxylation is 2. The number of piperazine rings is 2. The third-order valence-corrected chi connectivity index (χ3v) is 19.6. The fourth-order valence-electron chi connectivity index (χ4n) is 11.0. The molecule has 2 N–H and O–H groups in total. The second kappa shape index (κ2) is 18.1. The fraction of sp³-hybridized carbons (Fsp3) is 0.391. The maximum absolute atomic E-state index is 14.8. The van der Waals surface area contributed by atoms with E-state index in [0.717, 1.165) is 59.9 Å². The maximum atomic E-state index is 14.8. The average molecular weight is 1120 g/mol. The van der Waals surface area contributed by atoms with Gasteiger partial charge in [0.2, 0.25) is 0 Å². The van der Waals surface area contributed by atoms with E-state index in [1.807, 2.05) is 0 Å². The Morgan fingerprint density at radius 2 is 0.946 bits per heavy atom. The van der Waals surface area contributed by atoms with Crippen molar-refractivity contribution in [3.05, 3.63) is 104 Å². The number of thioether (sulfide) groups is 2. The first-order valence-electron chi connectivity index (χ1n) is 22.8. The number of hydrogen-bond donors (Lipinski definition) is 2. The number of aromatic nitrogens is 4. The van der Waals surface area contributed by atoms with Crippen molar-refractivity contribution < 1.29 is 60.7 Å². The maximum Gasteiger partial charge on any atom is 0.417 e. The average Bonchev–Trinajstić information content (AvgIpc) is 3.83. The molecule has 0 aliphatic carbocycles. The number of hydrogen-bond acceptors (Lipinski definition) is 14. The van der Waals surface area contributed by atoms with Gasteiger partial charge >= 0.3 is 23.7 Å². The summed E-state index contributed by atoms with van der Waals surface area (Å²) in [7, 11) is -6.79. The fourth-order valence-corrected chi connectivity index (χ4v) is 17.3. The van der Waals surface area contributed by atoms with Gasteiger partial charge in [-0.3, -0.25) is 9.13 Å². The first-order valence-corrected chi connectivity index (χ1v) is 28.5. The molecule has 6 aliphatic rings. The van der Waals surface area contributed by atoms with Crippen LogP contribution in [-0.4, -0.2) is 121 Å². The number of anilines is 2. The van der Waals surface area contributed by atoms with E-state index in [1.54, 1.807) is 9.80 Å². The van der Waals surface area contributed by atoms with Crippen molar-refractivity contribution in [2.24, 2.45) is 0 Å². The summed E-state index contributed by atoms with van der Waals surface area (Å²) >= 11 is 2.11. The van der Waals surface area contributed by atoms with Crippen LogP contribution in [0, 0.1) is 23.3 Å². The number of sulfone groups is 2. The van der Waals surface area contributed by atoms with Crippen molar-refractivity contribution in [3.8, 4) is 22.3 Å². The van der Waals surface area contributed by atoms with Gasteiger partial charge in [0.05, 0.1) is 57.3 Å². The highest BCUT2D eigenvalue weighted by molar-refractivity contribution is 8.00. The molecular formula is C46H38F10N8O6S4. The van der Waals surface area contributed by atoms with Gasteiger partial charge in [0.25, 0.3) is 0 Å². The van der Waals surface area contributed by atoms with Crippen LogP contribution in [0.15, 0.2) is 67.9 Å². The minimum atomic E-state index is -4.92. The highest BCUT2D eigenvalue weighted by Crippen LogP contribution is 2.51. The minimum absolute atomic E-state index is 0.0229. The molecule has 4 aromatic carbocycles. The Morgan fingerprint density at radius 3 is 1.31 bits per heavy atom. The van der Waals surface area contributed by atoms with Crippen molar-refractivity contribution >= 4 is 76.6 Å². The van der Waals surface area contributed by atoms with E-state index in [1.165, 1.54) is 9.13 Å². The van der Waals surface area contributed by atoms with Gasteiger partial charge in [0.1, 0.15) is 34.9 Å². The van der Waals surface area contributed by atoms with E-state index in [0.29, 0.717) is 25.2 Å². The zero-order valence-electron chi connectivity index (χ0n) is 38.0. The van der Waals surface area contributed by atoms with E-state index >= 15 is 0 Å². The molecular weight excluding hydrogens is 1080 g/mol. The molecule has 14 nitrogen and oxygen atoms in total. The molecule has 6 aromatic rings. The van der Waals surface area contributed by atoms with Gasteiger partial charge < -0.3 is 20.4 Å². The van der Waals surface area contributed by atoms with Crippen LogP contribution in [0.3, 0.4) is 0 Å². The topological polar surface area (TPSA) is 169 Å². The largest absolute Gasteiger partial charge is 0.417 e. The van der Waals surface area contributed by atoms with Gasteiger partial charge in [-0.1, -0.05) is 0 Å². The Labute approximate surface area is 421 Å². The summed E-state index contributed by atoms with van der Waals surface area (Å²) in [5.74, 6) is -4.40. The normalized spacial score (nSPS) is 22.9. The summed E-state index contributed by atoms with van der Waals surface area (Å²) in [6.07, 6.45) is -9.83. The molecule has 12 rings (SSSR count). The predicted octanol–water partition coefficient (Wildman–Crippen LogP) is 6.08. The van der Waals surface area contributed by atoms with E-state index in [2.05, 4.69) is 20.6 Å². The summed E-state index contributed by atoms with van der Waals surface area (Å²) < 4.78 is 196. The van der Waals surface area contributed by atoms with E-state index in [4.69, 9.17) is 0 Å². The van der Waals surface area contributed by atoms with Crippen LogP contribution in [0.4, 0.5) is 55.5 Å². The lowest BCUT2D eigenvalue weighted by Crippen LogP contribution is -2.58. The van der Waals surface area contributed by atoms with Gasteiger partial charge in [-0.2, -0.15) is 36.3 Å². The highest BCUT2D eigenvalue weighted by Gasteiger charge is 2.47. The van der Waals surface area contributed by atoms with Crippen molar-refractivity contribution in [2.75, 3.05) is 70.5 Å². The van der Waals surface area contributed by atoms with E-state index < -0.39 is 124 Å². The quantitative estimate of drug-likeness (QED) is 0.195. The van der Waals surface area contributed by atoms with Crippen molar-refractivity contribution in [1.29, 1.82) is 0 Å². The van der Waals surface area contributed by atoms with Crippen LogP contribution >= 0.6 is 23.5 Å².